The fraction of sp³-hybridized carbons (Fsp3) is 0.500. The SMILES string of the molecule is O=C(Cc1ccc(F)c(F)c1)N1CCN(CCBr)CC1. The van der Waals surface area contributed by atoms with Crippen LogP contribution in [0.3, 0.4) is 0 Å². The van der Waals surface area contributed by atoms with Crippen molar-refractivity contribution in [2.24, 2.45) is 0 Å². The molecule has 1 aromatic carbocycles. The summed E-state index contributed by atoms with van der Waals surface area (Å²) < 4.78 is 25.9. The number of rotatable bonds is 4. The molecule has 2 rings (SSSR count). The highest BCUT2D eigenvalue weighted by Crippen LogP contribution is 2.11. The van der Waals surface area contributed by atoms with Gasteiger partial charge in [0.05, 0.1) is 6.42 Å². The molecule has 0 atom stereocenters. The van der Waals surface area contributed by atoms with Gasteiger partial charge in [0.25, 0.3) is 0 Å². The van der Waals surface area contributed by atoms with E-state index in [2.05, 4.69) is 20.8 Å². The Morgan fingerprint density at radius 3 is 2.45 bits per heavy atom. The molecule has 0 radical (unpaired) electrons. The number of nitrogens with zero attached hydrogens (tertiary/aromatic N) is 2. The molecule has 0 aliphatic carbocycles. The molecule has 0 N–H and O–H groups in total. The minimum absolute atomic E-state index is 0.0329. The molecule has 20 heavy (non-hydrogen) atoms. The third kappa shape index (κ3) is 3.99. The van der Waals surface area contributed by atoms with Gasteiger partial charge in [-0.3, -0.25) is 9.69 Å². The van der Waals surface area contributed by atoms with E-state index in [0.29, 0.717) is 18.7 Å². The van der Waals surface area contributed by atoms with Crippen molar-refractivity contribution in [2.75, 3.05) is 38.1 Å². The number of hydrogen-bond donors (Lipinski definition) is 0. The highest BCUT2D eigenvalue weighted by atomic mass is 79.9. The van der Waals surface area contributed by atoms with Crippen LogP contribution in [0.2, 0.25) is 0 Å². The van der Waals surface area contributed by atoms with Crippen molar-refractivity contribution in [1.29, 1.82) is 0 Å². The second-order valence-corrected chi connectivity index (χ2v) is 5.63. The Labute approximate surface area is 125 Å². The average molecular weight is 347 g/mol. The molecule has 0 spiro atoms. The third-order valence-electron chi connectivity index (χ3n) is 3.47. The second-order valence-electron chi connectivity index (χ2n) is 4.84. The first-order valence-corrected chi connectivity index (χ1v) is 7.72. The summed E-state index contributed by atoms with van der Waals surface area (Å²) in [4.78, 5) is 16.2. The molecule has 1 heterocycles. The first kappa shape index (κ1) is 15.4. The lowest BCUT2D eigenvalue weighted by Gasteiger charge is -2.34. The number of carbonyl (C=O) groups excluding carboxylic acids is 1. The number of hydrogen-bond acceptors (Lipinski definition) is 2. The summed E-state index contributed by atoms with van der Waals surface area (Å²) in [6, 6.07) is 3.61. The van der Waals surface area contributed by atoms with E-state index in [1.54, 1.807) is 4.90 Å². The molecule has 110 valence electrons. The highest BCUT2D eigenvalue weighted by molar-refractivity contribution is 9.09. The summed E-state index contributed by atoms with van der Waals surface area (Å²) in [7, 11) is 0. The van der Waals surface area contributed by atoms with E-state index in [1.165, 1.54) is 6.07 Å². The van der Waals surface area contributed by atoms with Gasteiger partial charge in [-0.25, -0.2) is 8.78 Å². The summed E-state index contributed by atoms with van der Waals surface area (Å²) in [5.74, 6) is -1.82. The summed E-state index contributed by atoms with van der Waals surface area (Å²) in [6.45, 7) is 4.07. The summed E-state index contributed by atoms with van der Waals surface area (Å²) in [6.07, 6.45) is 0.121. The molecule has 1 saturated heterocycles. The van der Waals surface area contributed by atoms with E-state index in [-0.39, 0.29) is 12.3 Å². The molecule has 1 fully saturated rings. The van der Waals surface area contributed by atoms with Crippen molar-refractivity contribution < 1.29 is 13.6 Å². The van der Waals surface area contributed by atoms with Crippen molar-refractivity contribution in [2.45, 2.75) is 6.42 Å². The Bertz CT molecular complexity index is 476. The van der Waals surface area contributed by atoms with Gasteiger partial charge in [-0.2, -0.15) is 0 Å². The van der Waals surface area contributed by atoms with E-state index in [9.17, 15) is 13.6 Å². The van der Waals surface area contributed by atoms with Crippen molar-refractivity contribution in [3.05, 3.63) is 35.4 Å². The summed E-state index contributed by atoms with van der Waals surface area (Å²) in [5.41, 5.74) is 0.511. The number of alkyl halides is 1. The van der Waals surface area contributed by atoms with Crippen LogP contribution in [0.4, 0.5) is 8.78 Å². The van der Waals surface area contributed by atoms with E-state index in [0.717, 1.165) is 37.1 Å². The lowest BCUT2D eigenvalue weighted by atomic mass is 10.1. The molecule has 3 nitrogen and oxygen atoms in total. The van der Waals surface area contributed by atoms with Gasteiger partial charge in [0.15, 0.2) is 11.6 Å². The zero-order valence-corrected chi connectivity index (χ0v) is 12.7. The molecule has 0 saturated carbocycles. The van der Waals surface area contributed by atoms with Crippen LogP contribution in [0.5, 0.6) is 0 Å². The Kier molecular flexibility index (Phi) is 5.48. The van der Waals surface area contributed by atoms with Crippen molar-refractivity contribution in [3.63, 3.8) is 0 Å². The topological polar surface area (TPSA) is 23.6 Å². The van der Waals surface area contributed by atoms with Crippen molar-refractivity contribution >= 4 is 21.8 Å². The largest absolute Gasteiger partial charge is 0.340 e. The second kappa shape index (κ2) is 7.13. The lowest BCUT2D eigenvalue weighted by Crippen LogP contribution is -2.49. The van der Waals surface area contributed by atoms with Crippen LogP contribution in [0.15, 0.2) is 18.2 Å². The fourth-order valence-electron chi connectivity index (χ4n) is 2.28. The fourth-order valence-corrected chi connectivity index (χ4v) is 2.78. The Balaban J connectivity index is 1.88. The first-order chi connectivity index (χ1) is 9.60. The number of benzene rings is 1. The molecule has 0 aromatic heterocycles. The van der Waals surface area contributed by atoms with Gasteiger partial charge in [-0.15, -0.1) is 0 Å². The molecule has 6 heteroatoms. The number of piperazine rings is 1. The van der Waals surface area contributed by atoms with Crippen LogP contribution in [0.25, 0.3) is 0 Å². The van der Waals surface area contributed by atoms with Gasteiger partial charge in [-0.1, -0.05) is 22.0 Å². The molecule has 0 bridgehead atoms. The first-order valence-electron chi connectivity index (χ1n) is 6.60. The van der Waals surface area contributed by atoms with E-state index in [4.69, 9.17) is 0 Å². The smallest absolute Gasteiger partial charge is 0.227 e. The molecule has 0 unspecified atom stereocenters. The van der Waals surface area contributed by atoms with Crippen LogP contribution in [0.1, 0.15) is 5.56 Å². The van der Waals surface area contributed by atoms with Crippen LogP contribution >= 0.6 is 15.9 Å². The monoisotopic (exact) mass is 346 g/mol. The minimum atomic E-state index is -0.905. The van der Waals surface area contributed by atoms with Crippen LogP contribution in [-0.2, 0) is 11.2 Å². The maximum absolute atomic E-state index is 13.1. The van der Waals surface area contributed by atoms with Crippen LogP contribution in [0, 0.1) is 11.6 Å². The predicted octanol–water partition coefficient (Wildman–Crippen LogP) is 2.05. The van der Waals surface area contributed by atoms with Crippen molar-refractivity contribution in [1.82, 2.24) is 9.80 Å². The standard InChI is InChI=1S/C14H17BrF2N2O/c15-3-4-18-5-7-19(8-6-18)14(20)10-11-1-2-12(16)13(17)9-11/h1-2,9H,3-8,10H2. The molecule has 1 amide bonds. The number of carbonyl (C=O) groups is 1. The quantitative estimate of drug-likeness (QED) is 0.779. The van der Waals surface area contributed by atoms with Gasteiger partial charge in [-0.05, 0) is 17.7 Å². The predicted molar refractivity (Wildman–Crippen MR) is 76.9 cm³/mol. The van der Waals surface area contributed by atoms with Gasteiger partial charge < -0.3 is 4.90 Å². The Morgan fingerprint density at radius 1 is 1.15 bits per heavy atom. The van der Waals surface area contributed by atoms with Crippen LogP contribution < -0.4 is 0 Å². The summed E-state index contributed by atoms with van der Waals surface area (Å²) in [5, 5.41) is 0.926. The summed E-state index contributed by atoms with van der Waals surface area (Å²) >= 11 is 3.40. The average Bonchev–Trinajstić information content (AvgIpc) is 2.44. The van der Waals surface area contributed by atoms with Gasteiger partial charge >= 0.3 is 0 Å². The van der Waals surface area contributed by atoms with E-state index >= 15 is 0 Å². The maximum atomic E-state index is 13.1. The Hall–Kier alpha value is -1.01. The molecular weight excluding hydrogens is 330 g/mol. The van der Waals surface area contributed by atoms with E-state index < -0.39 is 11.6 Å². The Morgan fingerprint density at radius 2 is 1.85 bits per heavy atom. The highest BCUT2D eigenvalue weighted by Gasteiger charge is 2.20. The molecular formula is C14H17BrF2N2O. The number of amides is 1. The maximum Gasteiger partial charge on any atom is 0.227 e. The minimum Gasteiger partial charge on any atom is -0.340 e. The van der Waals surface area contributed by atoms with E-state index in [1.807, 2.05) is 0 Å². The van der Waals surface area contributed by atoms with Gasteiger partial charge in [0, 0.05) is 38.1 Å². The van der Waals surface area contributed by atoms with Crippen LogP contribution in [-0.4, -0.2) is 53.8 Å². The van der Waals surface area contributed by atoms with Gasteiger partial charge in [0.1, 0.15) is 0 Å². The lowest BCUT2D eigenvalue weighted by molar-refractivity contribution is -0.132. The number of halogens is 3. The zero-order valence-electron chi connectivity index (χ0n) is 11.1. The molecule has 1 aliphatic rings. The molecule has 1 aliphatic heterocycles. The molecule has 1 aromatic rings. The normalized spacial score (nSPS) is 16.4. The van der Waals surface area contributed by atoms with Gasteiger partial charge in [0.2, 0.25) is 5.91 Å². The van der Waals surface area contributed by atoms with Crippen molar-refractivity contribution in [3.8, 4) is 0 Å². The zero-order chi connectivity index (χ0) is 14.5. The third-order valence-corrected chi connectivity index (χ3v) is 3.82.